The van der Waals surface area contributed by atoms with E-state index in [1.807, 2.05) is 24.3 Å². The van der Waals surface area contributed by atoms with Crippen LogP contribution in [0.3, 0.4) is 0 Å². The zero-order chi connectivity index (χ0) is 20.2. The number of rotatable bonds is 7. The highest BCUT2D eigenvalue weighted by molar-refractivity contribution is 7.14. The van der Waals surface area contributed by atoms with Crippen LogP contribution in [0.15, 0.2) is 34.2 Å². The summed E-state index contributed by atoms with van der Waals surface area (Å²) in [6.07, 6.45) is 2.37. The number of aromatic nitrogens is 3. The number of hydrogen-bond acceptors (Lipinski definition) is 8. The second kappa shape index (κ2) is 8.52. The van der Waals surface area contributed by atoms with E-state index >= 15 is 0 Å². The summed E-state index contributed by atoms with van der Waals surface area (Å²) in [5.74, 6) is 0.319. The van der Waals surface area contributed by atoms with Gasteiger partial charge in [-0.1, -0.05) is 36.3 Å². The second-order valence-corrected chi connectivity index (χ2v) is 7.51. The van der Waals surface area contributed by atoms with Gasteiger partial charge in [0.1, 0.15) is 0 Å². The summed E-state index contributed by atoms with van der Waals surface area (Å²) < 4.78 is 10.4. The highest BCUT2D eigenvalue weighted by Gasteiger charge is 2.24. The largest absolute Gasteiger partial charge is 0.455 e. The zero-order valence-electron chi connectivity index (χ0n) is 16.0. The summed E-state index contributed by atoms with van der Waals surface area (Å²) in [5, 5.41) is 6.33. The fourth-order valence-corrected chi connectivity index (χ4v) is 3.88. The average molecular weight is 412 g/mol. The molecule has 0 spiro atoms. The van der Waals surface area contributed by atoms with Gasteiger partial charge in [-0.3, -0.25) is 14.5 Å². The van der Waals surface area contributed by atoms with Gasteiger partial charge in [0.05, 0.1) is 12.1 Å². The van der Waals surface area contributed by atoms with Crippen molar-refractivity contribution in [3.05, 3.63) is 46.8 Å². The molecule has 0 aliphatic carbocycles. The van der Waals surface area contributed by atoms with Gasteiger partial charge in [0.2, 0.25) is 11.7 Å². The van der Waals surface area contributed by atoms with Gasteiger partial charge in [0.25, 0.3) is 5.89 Å². The third-order valence-corrected chi connectivity index (χ3v) is 5.53. The van der Waals surface area contributed by atoms with Gasteiger partial charge in [-0.05, 0) is 18.4 Å². The molecular formula is C20H20N4O4S. The van der Waals surface area contributed by atoms with Crippen molar-refractivity contribution in [3.8, 4) is 11.4 Å². The van der Waals surface area contributed by atoms with Crippen LogP contribution in [0.25, 0.3) is 11.4 Å². The van der Waals surface area contributed by atoms with Gasteiger partial charge in [-0.15, -0.1) is 11.3 Å². The lowest BCUT2D eigenvalue weighted by molar-refractivity contribution is -0.145. The van der Waals surface area contributed by atoms with E-state index in [0.717, 1.165) is 18.4 Å². The quantitative estimate of drug-likeness (QED) is 0.550. The first-order valence-corrected chi connectivity index (χ1v) is 10.3. The van der Waals surface area contributed by atoms with E-state index in [-0.39, 0.29) is 24.8 Å². The minimum Gasteiger partial charge on any atom is -0.455 e. The number of amides is 1. The smallest absolute Gasteiger partial charge is 0.312 e. The van der Waals surface area contributed by atoms with Crippen LogP contribution in [0.2, 0.25) is 0 Å². The number of thiazole rings is 1. The Balaban J connectivity index is 1.30. The molecule has 0 radical (unpaired) electrons. The molecule has 2 aromatic heterocycles. The minimum absolute atomic E-state index is 0.0258. The van der Waals surface area contributed by atoms with Crippen LogP contribution >= 0.6 is 11.3 Å². The van der Waals surface area contributed by atoms with Crippen molar-refractivity contribution < 1.29 is 18.8 Å². The summed E-state index contributed by atoms with van der Waals surface area (Å²) in [6, 6.07) is 7.90. The lowest BCUT2D eigenvalue weighted by Crippen LogP contribution is -2.23. The fourth-order valence-electron chi connectivity index (χ4n) is 3.01. The molecule has 0 bridgehead atoms. The van der Waals surface area contributed by atoms with Crippen LogP contribution in [0.5, 0.6) is 0 Å². The van der Waals surface area contributed by atoms with E-state index in [1.54, 1.807) is 10.3 Å². The molecule has 9 heteroatoms. The van der Waals surface area contributed by atoms with Crippen molar-refractivity contribution in [2.45, 2.75) is 39.2 Å². The van der Waals surface area contributed by atoms with E-state index in [4.69, 9.17) is 9.26 Å². The molecule has 1 aromatic carbocycles. The monoisotopic (exact) mass is 412 g/mol. The summed E-state index contributed by atoms with van der Waals surface area (Å²) in [7, 11) is 0. The molecule has 29 heavy (non-hydrogen) atoms. The number of esters is 1. The van der Waals surface area contributed by atoms with Crippen molar-refractivity contribution in [2.24, 2.45) is 0 Å². The van der Waals surface area contributed by atoms with Gasteiger partial charge in [0, 0.05) is 23.9 Å². The Morgan fingerprint density at radius 3 is 2.83 bits per heavy atom. The third kappa shape index (κ3) is 4.51. The number of anilines is 1. The molecule has 0 saturated carbocycles. The number of nitrogens with zero attached hydrogens (tertiary/aromatic N) is 4. The molecule has 1 aliphatic rings. The Kier molecular flexibility index (Phi) is 5.66. The molecule has 1 amide bonds. The van der Waals surface area contributed by atoms with Crippen molar-refractivity contribution in [3.63, 3.8) is 0 Å². The second-order valence-electron chi connectivity index (χ2n) is 6.67. The Morgan fingerprint density at radius 2 is 2.10 bits per heavy atom. The van der Waals surface area contributed by atoms with Crippen molar-refractivity contribution in [1.82, 2.24) is 15.1 Å². The molecule has 3 aromatic rings. The first-order valence-electron chi connectivity index (χ1n) is 9.44. The van der Waals surface area contributed by atoms with Crippen molar-refractivity contribution >= 4 is 28.3 Å². The molecular weight excluding hydrogens is 392 g/mol. The number of carbonyl (C=O) groups is 2. The van der Waals surface area contributed by atoms with Crippen LogP contribution in [-0.4, -0.2) is 33.5 Å². The Hall–Kier alpha value is -3.07. The highest BCUT2D eigenvalue weighted by Crippen LogP contribution is 2.25. The molecule has 4 rings (SSSR count). The molecule has 3 heterocycles. The van der Waals surface area contributed by atoms with Gasteiger partial charge in [0.15, 0.2) is 11.7 Å². The minimum atomic E-state index is -0.443. The number of benzene rings is 1. The predicted octanol–water partition coefficient (Wildman–Crippen LogP) is 3.17. The number of hydrogen-bond donors (Lipinski definition) is 0. The average Bonchev–Trinajstić information content (AvgIpc) is 3.47. The van der Waals surface area contributed by atoms with Gasteiger partial charge in [-0.25, -0.2) is 4.98 Å². The van der Waals surface area contributed by atoms with E-state index < -0.39 is 5.97 Å². The van der Waals surface area contributed by atoms with Crippen LogP contribution in [0.1, 0.15) is 36.9 Å². The van der Waals surface area contributed by atoms with Crippen molar-refractivity contribution in [1.29, 1.82) is 0 Å². The maximum atomic E-state index is 12.1. The van der Waals surface area contributed by atoms with Gasteiger partial charge >= 0.3 is 5.97 Å². The molecule has 0 atom stereocenters. The Morgan fingerprint density at radius 1 is 1.28 bits per heavy atom. The van der Waals surface area contributed by atoms with Crippen LogP contribution in [0, 0.1) is 0 Å². The van der Waals surface area contributed by atoms with E-state index in [9.17, 15) is 9.59 Å². The summed E-state index contributed by atoms with van der Waals surface area (Å²) >= 11 is 1.36. The summed E-state index contributed by atoms with van der Waals surface area (Å²) in [6.45, 7) is 2.67. The van der Waals surface area contributed by atoms with E-state index in [0.29, 0.717) is 29.6 Å². The molecule has 8 nitrogen and oxygen atoms in total. The summed E-state index contributed by atoms with van der Waals surface area (Å²) in [4.78, 5) is 34.2. The molecule has 0 N–H and O–H groups in total. The maximum Gasteiger partial charge on any atom is 0.312 e. The number of ether oxygens (including phenoxy) is 1. The number of carbonyl (C=O) groups excluding carboxylic acids is 2. The summed E-state index contributed by atoms with van der Waals surface area (Å²) in [5.41, 5.74) is 2.65. The molecule has 1 saturated heterocycles. The van der Waals surface area contributed by atoms with E-state index in [1.165, 1.54) is 16.9 Å². The lowest BCUT2D eigenvalue weighted by Gasteiger charge is -2.10. The standard InChI is InChI=1S/C20H20N4O4S/c1-2-13-5-7-14(8-6-13)19-22-16(28-23-19)11-27-18(26)10-15-12-29-20(21-15)24-9-3-4-17(24)25/h5-8,12H,2-4,9-11H2,1H3. The molecule has 150 valence electrons. The molecule has 1 fully saturated rings. The van der Waals surface area contributed by atoms with Crippen molar-refractivity contribution in [2.75, 3.05) is 11.4 Å². The van der Waals surface area contributed by atoms with Gasteiger partial charge < -0.3 is 9.26 Å². The Bertz CT molecular complexity index is 1010. The van der Waals surface area contributed by atoms with Gasteiger partial charge in [-0.2, -0.15) is 4.98 Å². The fraction of sp³-hybridized carbons (Fsp3) is 0.350. The molecule has 1 aliphatic heterocycles. The lowest BCUT2D eigenvalue weighted by atomic mass is 10.1. The maximum absolute atomic E-state index is 12.1. The normalized spacial score (nSPS) is 13.8. The first kappa shape index (κ1) is 19.3. The highest BCUT2D eigenvalue weighted by atomic mass is 32.1. The SMILES string of the molecule is CCc1ccc(-c2noc(COC(=O)Cc3csc(N4CCCC4=O)n3)n2)cc1. The first-order chi connectivity index (χ1) is 14.1. The topological polar surface area (TPSA) is 98.4 Å². The van der Waals surface area contributed by atoms with Crippen LogP contribution < -0.4 is 4.90 Å². The predicted molar refractivity (Wildman–Crippen MR) is 106 cm³/mol. The van der Waals surface area contributed by atoms with Crippen LogP contribution in [0.4, 0.5) is 5.13 Å². The zero-order valence-corrected chi connectivity index (χ0v) is 16.8. The van der Waals surface area contributed by atoms with Crippen LogP contribution in [-0.2, 0) is 33.8 Å². The Labute approximate surface area is 171 Å². The number of aryl methyl sites for hydroxylation is 1. The third-order valence-electron chi connectivity index (χ3n) is 4.61. The molecule has 0 unspecified atom stereocenters. The van der Waals surface area contributed by atoms with E-state index in [2.05, 4.69) is 22.0 Å².